The molecule has 0 saturated heterocycles. The van der Waals surface area contributed by atoms with Crippen LogP contribution in [0.2, 0.25) is 0 Å². The van der Waals surface area contributed by atoms with Gasteiger partial charge in [0.25, 0.3) is 5.89 Å². The summed E-state index contributed by atoms with van der Waals surface area (Å²) in [5.74, 6) is 1.29. The molecule has 0 saturated carbocycles. The summed E-state index contributed by atoms with van der Waals surface area (Å²) in [6.45, 7) is 2.07. The molecule has 0 N–H and O–H groups in total. The minimum atomic E-state index is -0.561. The SMILES string of the molecule is COC(=O)c1coc(COc2ccc(-c3noc(-c4ccccc4C)n3)cc2)n1. The second-order valence-electron chi connectivity index (χ2n) is 6.17. The Morgan fingerprint density at radius 2 is 1.86 bits per heavy atom. The number of nitrogens with zero attached hydrogens (tertiary/aromatic N) is 3. The first-order valence-corrected chi connectivity index (χ1v) is 8.79. The Bertz CT molecular complexity index is 1130. The van der Waals surface area contributed by atoms with Crippen LogP contribution in [0, 0.1) is 6.92 Å². The van der Waals surface area contributed by atoms with Crippen LogP contribution in [0.1, 0.15) is 21.9 Å². The van der Waals surface area contributed by atoms with Gasteiger partial charge in [-0.25, -0.2) is 9.78 Å². The number of benzene rings is 2. The Labute approximate surface area is 166 Å². The van der Waals surface area contributed by atoms with Gasteiger partial charge in [0.2, 0.25) is 11.7 Å². The molecule has 0 atom stereocenters. The van der Waals surface area contributed by atoms with E-state index >= 15 is 0 Å². The van der Waals surface area contributed by atoms with Crippen molar-refractivity contribution in [2.24, 2.45) is 0 Å². The lowest BCUT2D eigenvalue weighted by Crippen LogP contribution is -2.02. The molecule has 0 radical (unpaired) electrons. The van der Waals surface area contributed by atoms with Crippen LogP contribution in [0.4, 0.5) is 0 Å². The Balaban J connectivity index is 1.43. The molecule has 4 aromatic rings. The van der Waals surface area contributed by atoms with E-state index in [-0.39, 0.29) is 18.2 Å². The molecule has 2 aromatic carbocycles. The maximum Gasteiger partial charge on any atom is 0.360 e. The van der Waals surface area contributed by atoms with Gasteiger partial charge < -0.3 is 18.4 Å². The molecule has 0 aliphatic heterocycles. The highest BCUT2D eigenvalue weighted by Gasteiger charge is 2.14. The summed E-state index contributed by atoms with van der Waals surface area (Å²) >= 11 is 0. The molecule has 8 heteroatoms. The largest absolute Gasteiger partial charge is 0.484 e. The number of hydrogen-bond donors (Lipinski definition) is 0. The van der Waals surface area contributed by atoms with Gasteiger partial charge in [0.15, 0.2) is 12.3 Å². The van der Waals surface area contributed by atoms with Crippen LogP contribution in [0.15, 0.2) is 63.7 Å². The minimum absolute atomic E-state index is 0.0793. The summed E-state index contributed by atoms with van der Waals surface area (Å²) in [6, 6.07) is 15.1. The summed E-state index contributed by atoms with van der Waals surface area (Å²) in [4.78, 5) is 19.9. The van der Waals surface area contributed by atoms with Gasteiger partial charge in [-0.05, 0) is 42.8 Å². The van der Waals surface area contributed by atoms with Crippen molar-refractivity contribution in [2.75, 3.05) is 7.11 Å². The number of oxazole rings is 1. The van der Waals surface area contributed by atoms with E-state index in [0.717, 1.165) is 16.7 Å². The van der Waals surface area contributed by atoms with E-state index in [1.54, 1.807) is 12.1 Å². The molecule has 8 nitrogen and oxygen atoms in total. The number of methoxy groups -OCH3 is 1. The quantitative estimate of drug-likeness (QED) is 0.454. The molecule has 29 heavy (non-hydrogen) atoms. The van der Waals surface area contributed by atoms with E-state index in [1.165, 1.54) is 13.4 Å². The molecule has 0 fully saturated rings. The van der Waals surface area contributed by atoms with Gasteiger partial charge in [0, 0.05) is 11.1 Å². The van der Waals surface area contributed by atoms with Crippen molar-refractivity contribution in [1.29, 1.82) is 0 Å². The van der Waals surface area contributed by atoms with Crippen molar-refractivity contribution in [1.82, 2.24) is 15.1 Å². The van der Waals surface area contributed by atoms with Gasteiger partial charge in [-0.1, -0.05) is 23.4 Å². The van der Waals surface area contributed by atoms with Crippen molar-refractivity contribution in [2.45, 2.75) is 13.5 Å². The molecule has 146 valence electrons. The smallest absolute Gasteiger partial charge is 0.360 e. The van der Waals surface area contributed by atoms with Crippen LogP contribution in [0.3, 0.4) is 0 Å². The number of carbonyl (C=O) groups is 1. The van der Waals surface area contributed by atoms with E-state index in [2.05, 4.69) is 19.9 Å². The van der Waals surface area contributed by atoms with E-state index < -0.39 is 5.97 Å². The standard InChI is InChI=1S/C21H17N3O5/c1-13-5-3-4-6-16(13)20-23-19(24-29-20)14-7-9-15(10-8-14)27-12-18-22-17(11-28-18)21(25)26-2/h3-11H,12H2,1-2H3. The highest BCUT2D eigenvalue weighted by atomic mass is 16.5. The predicted octanol–water partition coefficient (Wildman–Crippen LogP) is 4.07. The fourth-order valence-electron chi connectivity index (χ4n) is 2.68. The Morgan fingerprint density at radius 1 is 1.07 bits per heavy atom. The highest BCUT2D eigenvalue weighted by molar-refractivity contribution is 5.86. The summed E-state index contributed by atoms with van der Waals surface area (Å²) in [5.41, 5.74) is 2.87. The normalized spacial score (nSPS) is 10.7. The topological polar surface area (TPSA) is 100 Å². The molecule has 0 unspecified atom stereocenters. The van der Waals surface area contributed by atoms with Crippen molar-refractivity contribution in [3.8, 4) is 28.6 Å². The fourth-order valence-corrected chi connectivity index (χ4v) is 2.68. The molecule has 0 amide bonds. The third-order valence-corrected chi connectivity index (χ3v) is 4.22. The fraction of sp³-hybridized carbons (Fsp3) is 0.143. The molecule has 0 bridgehead atoms. The molecule has 2 aromatic heterocycles. The minimum Gasteiger partial charge on any atom is -0.484 e. The average molecular weight is 391 g/mol. The lowest BCUT2D eigenvalue weighted by Gasteiger charge is -2.03. The first-order chi connectivity index (χ1) is 14.1. The second kappa shape index (κ2) is 7.97. The van der Waals surface area contributed by atoms with Crippen molar-refractivity contribution in [3.63, 3.8) is 0 Å². The van der Waals surface area contributed by atoms with Gasteiger partial charge >= 0.3 is 5.97 Å². The predicted molar refractivity (Wildman–Crippen MR) is 102 cm³/mol. The number of carbonyl (C=O) groups excluding carboxylic acids is 1. The Morgan fingerprint density at radius 3 is 2.62 bits per heavy atom. The van der Waals surface area contributed by atoms with Crippen molar-refractivity contribution >= 4 is 5.97 Å². The van der Waals surface area contributed by atoms with E-state index in [1.807, 2.05) is 43.3 Å². The highest BCUT2D eigenvalue weighted by Crippen LogP contribution is 2.26. The van der Waals surface area contributed by atoms with Gasteiger partial charge in [0.05, 0.1) is 7.11 Å². The zero-order chi connectivity index (χ0) is 20.2. The number of hydrogen-bond acceptors (Lipinski definition) is 8. The molecule has 0 aliphatic rings. The van der Waals surface area contributed by atoms with Gasteiger partial charge in [-0.2, -0.15) is 4.98 Å². The number of rotatable bonds is 6. The average Bonchev–Trinajstić information content (AvgIpc) is 3.42. The number of aromatic nitrogens is 3. The lowest BCUT2D eigenvalue weighted by atomic mass is 10.1. The second-order valence-corrected chi connectivity index (χ2v) is 6.17. The number of ether oxygens (including phenoxy) is 2. The summed E-state index contributed by atoms with van der Waals surface area (Å²) in [7, 11) is 1.28. The maximum absolute atomic E-state index is 11.4. The van der Waals surface area contributed by atoms with E-state index in [9.17, 15) is 4.79 Å². The summed E-state index contributed by atoms with van der Waals surface area (Å²) < 4.78 is 20.8. The van der Waals surface area contributed by atoms with Crippen LogP contribution in [0.25, 0.3) is 22.8 Å². The summed E-state index contributed by atoms with van der Waals surface area (Å²) in [6.07, 6.45) is 1.23. The molecule has 0 aliphatic carbocycles. The van der Waals surface area contributed by atoms with Crippen molar-refractivity contribution < 1.29 is 23.2 Å². The summed E-state index contributed by atoms with van der Waals surface area (Å²) in [5, 5.41) is 4.06. The lowest BCUT2D eigenvalue weighted by molar-refractivity contribution is 0.0594. The first kappa shape index (κ1) is 18.4. The van der Waals surface area contributed by atoms with Crippen LogP contribution < -0.4 is 4.74 Å². The van der Waals surface area contributed by atoms with Crippen molar-refractivity contribution in [3.05, 3.63) is 71.9 Å². The van der Waals surface area contributed by atoms with Crippen LogP contribution >= 0.6 is 0 Å². The molecule has 0 spiro atoms. The van der Waals surface area contributed by atoms with Crippen LogP contribution in [0.5, 0.6) is 5.75 Å². The van der Waals surface area contributed by atoms with Gasteiger partial charge in [-0.15, -0.1) is 0 Å². The number of aryl methyl sites for hydroxylation is 1. The van der Waals surface area contributed by atoms with Gasteiger partial charge in [-0.3, -0.25) is 0 Å². The molecular formula is C21H17N3O5. The van der Waals surface area contributed by atoms with E-state index in [4.69, 9.17) is 13.7 Å². The zero-order valence-corrected chi connectivity index (χ0v) is 15.8. The third-order valence-electron chi connectivity index (χ3n) is 4.22. The Hall–Kier alpha value is -3.94. The third kappa shape index (κ3) is 4.01. The molecule has 2 heterocycles. The van der Waals surface area contributed by atoms with E-state index in [0.29, 0.717) is 17.5 Å². The van der Waals surface area contributed by atoms with Gasteiger partial charge in [0.1, 0.15) is 12.0 Å². The number of esters is 1. The first-order valence-electron chi connectivity index (χ1n) is 8.79. The zero-order valence-electron chi connectivity index (χ0n) is 15.8. The van der Waals surface area contributed by atoms with Crippen LogP contribution in [-0.2, 0) is 11.3 Å². The maximum atomic E-state index is 11.4. The molecule has 4 rings (SSSR count). The monoisotopic (exact) mass is 391 g/mol. The Kier molecular flexibility index (Phi) is 5.07. The molecular weight excluding hydrogens is 374 g/mol. The van der Waals surface area contributed by atoms with Crippen LogP contribution in [-0.4, -0.2) is 28.2 Å².